The van der Waals surface area contributed by atoms with E-state index in [1.54, 1.807) is 47.1 Å². The van der Waals surface area contributed by atoms with Crippen molar-refractivity contribution in [3.63, 3.8) is 0 Å². The number of benzene rings is 2. The summed E-state index contributed by atoms with van der Waals surface area (Å²) in [6, 6.07) is 9.11. The lowest BCUT2D eigenvalue weighted by molar-refractivity contribution is -0.119. The van der Waals surface area contributed by atoms with Gasteiger partial charge in [-0.15, -0.1) is 0 Å². The number of hydrogen-bond acceptors (Lipinski definition) is 6. The van der Waals surface area contributed by atoms with E-state index in [0.29, 0.717) is 60.7 Å². The summed E-state index contributed by atoms with van der Waals surface area (Å²) < 4.78 is 42.1. The first-order valence-electron chi connectivity index (χ1n) is 12.2. The minimum Gasteiger partial charge on any atom is -0.493 e. The molecular formula is C27H33F2N3O6. The summed E-state index contributed by atoms with van der Waals surface area (Å²) in [5, 5.41) is 0. The number of ether oxygens (including phenoxy) is 3. The third-order valence-corrected chi connectivity index (χ3v) is 6.49. The quantitative estimate of drug-likeness (QED) is 0.385. The van der Waals surface area contributed by atoms with Crippen LogP contribution < -0.4 is 19.1 Å². The topological polar surface area (TPSA) is 88.6 Å². The van der Waals surface area contributed by atoms with E-state index in [1.807, 2.05) is 0 Å². The number of aryl methyl sites for hydroxylation is 1. The van der Waals surface area contributed by atoms with Crippen LogP contribution in [0.1, 0.15) is 24.0 Å². The Morgan fingerprint density at radius 1 is 1.11 bits per heavy atom. The number of hydrogen-bond donors (Lipinski definition) is 0. The van der Waals surface area contributed by atoms with E-state index >= 15 is 0 Å². The van der Waals surface area contributed by atoms with Crippen LogP contribution in [0.15, 0.2) is 36.4 Å². The van der Waals surface area contributed by atoms with Crippen molar-refractivity contribution in [1.82, 2.24) is 9.80 Å². The predicted octanol–water partition coefficient (Wildman–Crippen LogP) is 3.90. The smallest absolute Gasteiger partial charge is 0.331 e. The van der Waals surface area contributed by atoms with Gasteiger partial charge < -0.3 is 19.1 Å². The van der Waals surface area contributed by atoms with Gasteiger partial charge in [0.25, 0.3) is 0 Å². The number of urea groups is 1. The number of likely N-dealkylation sites (tertiary alicyclic amines) is 1. The molecule has 9 nitrogen and oxygen atoms in total. The molecule has 0 aromatic heterocycles. The van der Waals surface area contributed by atoms with E-state index in [9.17, 15) is 23.2 Å². The molecule has 0 unspecified atom stereocenters. The second-order valence-electron chi connectivity index (χ2n) is 8.91. The van der Waals surface area contributed by atoms with Gasteiger partial charge in [0.05, 0.1) is 20.8 Å². The molecule has 1 heterocycles. The van der Waals surface area contributed by atoms with Gasteiger partial charge in [-0.05, 0) is 49.6 Å². The van der Waals surface area contributed by atoms with Crippen molar-refractivity contribution in [3.05, 3.63) is 47.5 Å². The maximum absolute atomic E-state index is 13.9. The first kappa shape index (κ1) is 28.7. The molecule has 206 valence electrons. The molecule has 0 radical (unpaired) electrons. The molecule has 1 saturated heterocycles. The number of amides is 4. The zero-order chi connectivity index (χ0) is 27.7. The Bertz CT molecular complexity index is 1110. The Morgan fingerprint density at radius 3 is 2.37 bits per heavy atom. The summed E-state index contributed by atoms with van der Waals surface area (Å²) in [7, 11) is 2.97. The summed E-state index contributed by atoms with van der Waals surface area (Å²) in [5.41, 5.74) is 1.72. The normalized spacial score (nSPS) is 13.7. The second-order valence-corrected chi connectivity index (χ2v) is 8.91. The summed E-state index contributed by atoms with van der Waals surface area (Å²) >= 11 is 0. The number of methoxy groups -OCH3 is 2. The first-order valence-corrected chi connectivity index (χ1v) is 12.2. The predicted molar refractivity (Wildman–Crippen MR) is 137 cm³/mol. The summed E-state index contributed by atoms with van der Waals surface area (Å²) in [5.74, 6) is 1.14. The SMILES string of the molecule is COc1cccc(CN(C=O)C(=O)N(c2ccc(OC(CF)CF)cc2C)C2CCN(C=O)CC2)c1OC. The number of imide groups is 1. The zero-order valence-electron chi connectivity index (χ0n) is 21.8. The molecule has 2 aromatic rings. The maximum Gasteiger partial charge on any atom is 0.331 e. The van der Waals surface area contributed by atoms with Crippen LogP contribution in [0.25, 0.3) is 0 Å². The molecule has 11 heteroatoms. The number of para-hydroxylation sites is 1. The van der Waals surface area contributed by atoms with E-state index in [-0.39, 0.29) is 18.3 Å². The van der Waals surface area contributed by atoms with Gasteiger partial charge in [0.2, 0.25) is 12.8 Å². The molecule has 0 saturated carbocycles. The van der Waals surface area contributed by atoms with E-state index in [0.717, 1.165) is 11.3 Å². The summed E-state index contributed by atoms with van der Waals surface area (Å²) in [6.07, 6.45) is 1.04. The van der Waals surface area contributed by atoms with Crippen molar-refractivity contribution in [3.8, 4) is 17.2 Å². The van der Waals surface area contributed by atoms with Crippen molar-refractivity contribution in [2.75, 3.05) is 45.6 Å². The van der Waals surface area contributed by atoms with E-state index in [4.69, 9.17) is 14.2 Å². The standard InChI is InChI=1S/C27H33F2N3O6/c1-19-13-22(38-23(14-28)15-29)7-8-24(19)32(21-9-11-30(17-33)12-10-21)27(35)31(18-34)16-20-5-4-6-25(36-2)26(20)37-3/h4-8,13,17-18,21,23H,9-12,14-16H2,1-3H3. The van der Waals surface area contributed by atoms with E-state index in [1.165, 1.54) is 20.3 Å². The van der Waals surface area contributed by atoms with Gasteiger partial charge in [0.15, 0.2) is 17.6 Å². The highest BCUT2D eigenvalue weighted by atomic mass is 19.1. The van der Waals surface area contributed by atoms with Crippen molar-refractivity contribution in [2.45, 2.75) is 38.5 Å². The summed E-state index contributed by atoms with van der Waals surface area (Å²) in [4.78, 5) is 41.6. The van der Waals surface area contributed by atoms with Crippen molar-refractivity contribution in [2.24, 2.45) is 0 Å². The fraction of sp³-hybridized carbons (Fsp3) is 0.444. The zero-order valence-corrected chi connectivity index (χ0v) is 21.8. The number of anilines is 1. The maximum atomic E-state index is 13.9. The number of alkyl halides is 2. The van der Waals surface area contributed by atoms with E-state index < -0.39 is 25.5 Å². The lowest BCUT2D eigenvalue weighted by Gasteiger charge is -2.39. The number of halogens is 2. The third-order valence-electron chi connectivity index (χ3n) is 6.49. The highest BCUT2D eigenvalue weighted by Gasteiger charge is 2.33. The molecule has 1 aliphatic heterocycles. The number of rotatable bonds is 12. The lowest BCUT2D eigenvalue weighted by Crippen LogP contribution is -2.52. The van der Waals surface area contributed by atoms with Gasteiger partial charge in [-0.3, -0.25) is 19.4 Å². The van der Waals surface area contributed by atoms with Crippen LogP contribution >= 0.6 is 0 Å². The van der Waals surface area contributed by atoms with Crippen LogP contribution in [0.4, 0.5) is 19.3 Å². The number of nitrogens with zero attached hydrogens (tertiary/aromatic N) is 3. The van der Waals surface area contributed by atoms with Crippen LogP contribution in [0.3, 0.4) is 0 Å². The highest BCUT2D eigenvalue weighted by molar-refractivity contribution is 5.98. The first-order chi connectivity index (χ1) is 18.4. The van der Waals surface area contributed by atoms with Crippen molar-refractivity contribution < 1.29 is 37.4 Å². The van der Waals surface area contributed by atoms with Gasteiger partial charge in [0.1, 0.15) is 19.1 Å². The van der Waals surface area contributed by atoms with Crippen molar-refractivity contribution in [1.29, 1.82) is 0 Å². The van der Waals surface area contributed by atoms with Crippen LogP contribution in [0.2, 0.25) is 0 Å². The molecular weight excluding hydrogens is 500 g/mol. The third kappa shape index (κ3) is 6.51. The molecule has 0 spiro atoms. The molecule has 0 N–H and O–H groups in total. The Labute approximate surface area is 220 Å². The van der Waals surface area contributed by atoms with Gasteiger partial charge in [-0.25, -0.2) is 13.6 Å². The molecule has 1 fully saturated rings. The van der Waals surface area contributed by atoms with Gasteiger partial charge in [-0.1, -0.05) is 12.1 Å². The highest BCUT2D eigenvalue weighted by Crippen LogP contribution is 2.34. The molecule has 3 rings (SSSR count). The molecule has 4 amide bonds. The minimum atomic E-state index is -1.21. The Balaban J connectivity index is 1.96. The van der Waals surface area contributed by atoms with Crippen LogP contribution in [-0.2, 0) is 16.1 Å². The molecule has 2 aromatic carbocycles. The van der Waals surface area contributed by atoms with Crippen molar-refractivity contribution >= 4 is 24.5 Å². The number of carbonyl (C=O) groups excluding carboxylic acids is 3. The Kier molecular flexibility index (Phi) is 10.3. The Morgan fingerprint density at radius 2 is 1.82 bits per heavy atom. The molecule has 0 bridgehead atoms. The Hall–Kier alpha value is -3.89. The molecule has 38 heavy (non-hydrogen) atoms. The fourth-order valence-electron chi connectivity index (χ4n) is 4.52. The van der Waals surface area contributed by atoms with Crippen LogP contribution in [-0.4, -0.2) is 81.5 Å². The molecule has 1 aliphatic rings. The number of carbonyl (C=O) groups is 3. The fourth-order valence-corrected chi connectivity index (χ4v) is 4.52. The van der Waals surface area contributed by atoms with Gasteiger partial charge in [0, 0.05) is 30.4 Å². The van der Waals surface area contributed by atoms with E-state index in [2.05, 4.69) is 0 Å². The second kappa shape index (κ2) is 13.6. The lowest BCUT2D eigenvalue weighted by atomic mass is 10.0. The average Bonchev–Trinajstić information content (AvgIpc) is 2.95. The average molecular weight is 534 g/mol. The molecule has 0 atom stereocenters. The summed E-state index contributed by atoms with van der Waals surface area (Å²) in [6.45, 7) is 0.647. The van der Waals surface area contributed by atoms with Gasteiger partial charge in [-0.2, -0.15) is 0 Å². The van der Waals surface area contributed by atoms with Crippen LogP contribution in [0, 0.1) is 6.92 Å². The van der Waals surface area contributed by atoms with Gasteiger partial charge >= 0.3 is 6.03 Å². The molecule has 0 aliphatic carbocycles. The van der Waals surface area contributed by atoms with Crippen LogP contribution in [0.5, 0.6) is 17.2 Å². The minimum absolute atomic E-state index is 0.0681. The number of piperidine rings is 1. The monoisotopic (exact) mass is 533 g/mol. The largest absolute Gasteiger partial charge is 0.493 e.